The molecule has 3 aromatic rings. The van der Waals surface area contributed by atoms with Crippen molar-refractivity contribution in [1.82, 2.24) is 10.3 Å². The zero-order valence-electron chi connectivity index (χ0n) is 12.7. The Balaban J connectivity index is 1.52. The van der Waals surface area contributed by atoms with E-state index < -0.39 is 0 Å². The first-order valence-corrected chi connectivity index (χ1v) is 8.24. The molecule has 1 aromatic carbocycles. The van der Waals surface area contributed by atoms with Crippen molar-refractivity contribution in [2.75, 3.05) is 6.54 Å². The Morgan fingerprint density at radius 3 is 2.58 bits per heavy atom. The van der Waals surface area contributed by atoms with Gasteiger partial charge in [-0.2, -0.15) is 0 Å². The fraction of sp³-hybridized carbons (Fsp3) is 0.176. The molecule has 7 heteroatoms. The zero-order chi connectivity index (χ0) is 16.9. The fourth-order valence-electron chi connectivity index (χ4n) is 2.30. The summed E-state index contributed by atoms with van der Waals surface area (Å²) in [4.78, 5) is 25.6. The summed E-state index contributed by atoms with van der Waals surface area (Å²) in [6.07, 6.45) is 2.67. The highest BCUT2D eigenvalue weighted by Crippen LogP contribution is 2.20. The first-order valence-electron chi connectivity index (χ1n) is 7.42. The monoisotopic (exact) mass is 344 g/mol. The number of thiazole rings is 1. The molecule has 3 N–H and O–H groups in total. The average Bonchev–Trinajstić information content (AvgIpc) is 3.19. The highest BCUT2D eigenvalue weighted by molar-refractivity contribution is 7.09. The maximum absolute atomic E-state index is 11.7. The van der Waals surface area contributed by atoms with Crippen LogP contribution in [0.25, 0.3) is 0 Å². The zero-order valence-corrected chi connectivity index (χ0v) is 13.6. The van der Waals surface area contributed by atoms with Gasteiger partial charge >= 0.3 is 4.87 Å². The van der Waals surface area contributed by atoms with Crippen LogP contribution in [-0.2, 0) is 12.8 Å². The standard InChI is InChI=1S/C17H16N2O4S/c20-15(13-2-1-9-23-13)18-8-7-11-3-5-12(6-4-11)10-14-16(21)19-17(22)24-14/h1-6,9,21H,7-8,10H2,(H,18,20)(H,19,22). The van der Waals surface area contributed by atoms with E-state index in [1.807, 2.05) is 24.3 Å². The molecule has 0 atom stereocenters. The summed E-state index contributed by atoms with van der Waals surface area (Å²) in [6.45, 7) is 0.513. The largest absolute Gasteiger partial charge is 0.494 e. The summed E-state index contributed by atoms with van der Waals surface area (Å²) >= 11 is 1.01. The minimum Gasteiger partial charge on any atom is -0.494 e. The number of furan rings is 1. The van der Waals surface area contributed by atoms with Crippen LogP contribution in [0.3, 0.4) is 0 Å². The number of carbonyl (C=O) groups is 1. The van der Waals surface area contributed by atoms with Crippen molar-refractivity contribution in [1.29, 1.82) is 0 Å². The number of aromatic nitrogens is 1. The van der Waals surface area contributed by atoms with Gasteiger partial charge in [0.15, 0.2) is 5.76 Å². The summed E-state index contributed by atoms with van der Waals surface area (Å²) in [5, 5.41) is 12.4. The Hall–Kier alpha value is -2.80. The van der Waals surface area contributed by atoms with E-state index in [0.717, 1.165) is 22.5 Å². The lowest BCUT2D eigenvalue weighted by molar-refractivity contribution is 0.0926. The highest BCUT2D eigenvalue weighted by atomic mass is 32.1. The molecule has 1 amide bonds. The van der Waals surface area contributed by atoms with Gasteiger partial charge in [0.05, 0.1) is 11.1 Å². The van der Waals surface area contributed by atoms with Gasteiger partial charge in [0, 0.05) is 13.0 Å². The van der Waals surface area contributed by atoms with Crippen LogP contribution in [0.1, 0.15) is 26.6 Å². The Labute approximate surface area is 141 Å². The molecule has 124 valence electrons. The van der Waals surface area contributed by atoms with E-state index in [-0.39, 0.29) is 16.7 Å². The van der Waals surface area contributed by atoms with Crippen molar-refractivity contribution >= 4 is 17.2 Å². The number of aromatic hydroxyl groups is 1. The number of carbonyl (C=O) groups excluding carboxylic acids is 1. The van der Waals surface area contributed by atoms with Crippen LogP contribution < -0.4 is 10.2 Å². The molecule has 3 rings (SSSR count). The van der Waals surface area contributed by atoms with E-state index in [1.54, 1.807) is 12.1 Å². The van der Waals surface area contributed by atoms with Gasteiger partial charge in [-0.05, 0) is 29.7 Å². The third-order valence-corrected chi connectivity index (χ3v) is 4.40. The topological polar surface area (TPSA) is 95.3 Å². The molecule has 0 saturated carbocycles. The Kier molecular flexibility index (Phi) is 4.81. The summed E-state index contributed by atoms with van der Waals surface area (Å²) in [5.74, 6) is 0.0137. The predicted octanol–water partition coefficient (Wildman–Crippen LogP) is 2.30. The van der Waals surface area contributed by atoms with Gasteiger partial charge in [-0.15, -0.1) is 0 Å². The molecule has 0 aliphatic rings. The van der Waals surface area contributed by atoms with Gasteiger partial charge in [-0.3, -0.25) is 14.6 Å². The van der Waals surface area contributed by atoms with E-state index >= 15 is 0 Å². The minimum absolute atomic E-state index is 0.0604. The number of amides is 1. The molecule has 2 heterocycles. The lowest BCUT2D eigenvalue weighted by atomic mass is 10.1. The molecule has 24 heavy (non-hydrogen) atoms. The molecule has 0 radical (unpaired) electrons. The van der Waals surface area contributed by atoms with E-state index in [0.29, 0.717) is 30.0 Å². The van der Waals surface area contributed by atoms with Gasteiger partial charge < -0.3 is 14.8 Å². The summed E-state index contributed by atoms with van der Waals surface area (Å²) in [6, 6.07) is 11.1. The SMILES string of the molecule is O=C(NCCc1ccc(Cc2sc(=O)[nH]c2O)cc1)c1ccco1. The number of rotatable bonds is 6. The van der Waals surface area contributed by atoms with Gasteiger partial charge in [0.1, 0.15) is 0 Å². The molecular weight excluding hydrogens is 328 g/mol. The van der Waals surface area contributed by atoms with Crippen molar-refractivity contribution < 1.29 is 14.3 Å². The second-order valence-electron chi connectivity index (χ2n) is 5.26. The summed E-state index contributed by atoms with van der Waals surface area (Å²) in [5.41, 5.74) is 2.09. The first kappa shape index (κ1) is 16.1. The van der Waals surface area contributed by atoms with Crippen LogP contribution in [0.2, 0.25) is 0 Å². The van der Waals surface area contributed by atoms with Crippen molar-refractivity contribution in [2.45, 2.75) is 12.8 Å². The molecule has 6 nitrogen and oxygen atoms in total. The molecule has 0 unspecified atom stereocenters. The third-order valence-electron chi connectivity index (χ3n) is 3.53. The molecule has 2 aromatic heterocycles. The van der Waals surface area contributed by atoms with E-state index in [2.05, 4.69) is 10.3 Å². The number of H-pyrrole nitrogens is 1. The van der Waals surface area contributed by atoms with Crippen molar-refractivity contribution in [3.05, 3.63) is 74.1 Å². The Morgan fingerprint density at radius 2 is 1.96 bits per heavy atom. The minimum atomic E-state index is -0.258. The number of nitrogens with one attached hydrogen (secondary N) is 2. The van der Waals surface area contributed by atoms with Crippen LogP contribution >= 0.6 is 11.3 Å². The number of aromatic amines is 1. The lowest BCUT2D eigenvalue weighted by Gasteiger charge is -2.05. The molecule has 0 saturated heterocycles. The van der Waals surface area contributed by atoms with Crippen LogP contribution in [0.5, 0.6) is 5.88 Å². The average molecular weight is 344 g/mol. The van der Waals surface area contributed by atoms with Crippen molar-refractivity contribution in [3.63, 3.8) is 0 Å². The smallest absolute Gasteiger partial charge is 0.307 e. The summed E-state index contributed by atoms with van der Waals surface area (Å²) < 4.78 is 5.03. The summed E-state index contributed by atoms with van der Waals surface area (Å²) in [7, 11) is 0. The van der Waals surface area contributed by atoms with Gasteiger partial charge in [0.25, 0.3) is 5.91 Å². The van der Waals surface area contributed by atoms with E-state index in [1.165, 1.54) is 6.26 Å². The molecule has 0 fully saturated rings. The molecule has 0 aliphatic carbocycles. The third kappa shape index (κ3) is 3.94. The second kappa shape index (κ2) is 7.18. The van der Waals surface area contributed by atoms with Gasteiger partial charge in [0.2, 0.25) is 5.88 Å². The van der Waals surface area contributed by atoms with Gasteiger partial charge in [-0.25, -0.2) is 0 Å². The Morgan fingerprint density at radius 1 is 1.21 bits per heavy atom. The van der Waals surface area contributed by atoms with Crippen molar-refractivity contribution in [3.8, 4) is 5.88 Å². The number of benzene rings is 1. The van der Waals surface area contributed by atoms with E-state index in [4.69, 9.17) is 4.42 Å². The molecule has 0 bridgehead atoms. The molecule has 0 spiro atoms. The molecule has 0 aliphatic heterocycles. The maximum Gasteiger partial charge on any atom is 0.307 e. The normalized spacial score (nSPS) is 10.7. The highest BCUT2D eigenvalue weighted by Gasteiger charge is 2.08. The maximum atomic E-state index is 11.7. The quantitative estimate of drug-likeness (QED) is 0.639. The molecular formula is C17H16N2O4S. The van der Waals surface area contributed by atoms with Gasteiger partial charge in [-0.1, -0.05) is 35.6 Å². The Bertz CT molecular complexity index is 863. The number of hydrogen-bond donors (Lipinski definition) is 3. The first-order chi connectivity index (χ1) is 11.6. The predicted molar refractivity (Wildman–Crippen MR) is 90.6 cm³/mol. The second-order valence-corrected chi connectivity index (χ2v) is 6.33. The fourth-order valence-corrected chi connectivity index (χ4v) is 3.05. The van der Waals surface area contributed by atoms with Crippen LogP contribution in [0.15, 0.2) is 51.9 Å². The number of hydrogen-bond acceptors (Lipinski definition) is 5. The van der Waals surface area contributed by atoms with Crippen LogP contribution in [-0.4, -0.2) is 22.5 Å². The van der Waals surface area contributed by atoms with E-state index in [9.17, 15) is 14.7 Å². The van der Waals surface area contributed by atoms with Crippen LogP contribution in [0, 0.1) is 0 Å². The van der Waals surface area contributed by atoms with Crippen molar-refractivity contribution in [2.24, 2.45) is 0 Å². The van der Waals surface area contributed by atoms with Crippen LogP contribution in [0.4, 0.5) is 0 Å². The lowest BCUT2D eigenvalue weighted by Crippen LogP contribution is -2.25.